The summed E-state index contributed by atoms with van der Waals surface area (Å²) < 4.78 is 11.1. The van der Waals surface area contributed by atoms with Gasteiger partial charge in [0, 0.05) is 16.3 Å². The summed E-state index contributed by atoms with van der Waals surface area (Å²) in [7, 11) is 0. The van der Waals surface area contributed by atoms with Gasteiger partial charge in [0.25, 0.3) is 11.7 Å². The zero-order valence-corrected chi connectivity index (χ0v) is 17.7. The first-order valence-electron chi connectivity index (χ1n) is 9.76. The maximum Gasteiger partial charge on any atom is 0.300 e. The average Bonchev–Trinajstić information content (AvgIpc) is 3.37. The van der Waals surface area contributed by atoms with Gasteiger partial charge in [0.05, 0.1) is 18.4 Å². The number of hydrogen-bond donors (Lipinski definition) is 1. The molecule has 6 nitrogen and oxygen atoms in total. The molecular weight excluding hydrogens is 418 g/mol. The molecule has 1 amide bonds. The second kappa shape index (κ2) is 8.32. The number of hydrogen-bond acceptors (Lipinski definition) is 5. The van der Waals surface area contributed by atoms with Crippen LogP contribution in [0.25, 0.3) is 5.76 Å². The topological polar surface area (TPSA) is 80.0 Å². The molecule has 0 radical (unpaired) electrons. The number of aliphatic hydroxyl groups is 1. The highest BCUT2D eigenvalue weighted by atomic mass is 35.5. The van der Waals surface area contributed by atoms with E-state index in [0.717, 1.165) is 5.56 Å². The van der Waals surface area contributed by atoms with Crippen LogP contribution >= 0.6 is 11.6 Å². The number of halogens is 1. The van der Waals surface area contributed by atoms with Crippen LogP contribution in [0.3, 0.4) is 0 Å². The van der Waals surface area contributed by atoms with Crippen molar-refractivity contribution in [3.63, 3.8) is 0 Å². The minimum Gasteiger partial charge on any atom is -0.507 e. The molecule has 4 rings (SSSR count). The van der Waals surface area contributed by atoms with Gasteiger partial charge < -0.3 is 14.3 Å². The van der Waals surface area contributed by atoms with Crippen LogP contribution in [0, 0.1) is 6.92 Å². The molecule has 2 aromatic carbocycles. The molecule has 1 aliphatic rings. The Kier molecular flexibility index (Phi) is 5.57. The van der Waals surface area contributed by atoms with E-state index in [1.807, 2.05) is 13.8 Å². The number of aryl methyl sites for hydroxylation is 1. The Labute approximate surface area is 184 Å². The monoisotopic (exact) mass is 437 g/mol. The van der Waals surface area contributed by atoms with Gasteiger partial charge in [0.1, 0.15) is 23.3 Å². The second-order valence-electron chi connectivity index (χ2n) is 7.07. The number of Topliss-reactive ketones (excluding diaryl/α,β-unsaturated/α-hetero) is 1. The van der Waals surface area contributed by atoms with Crippen molar-refractivity contribution < 1.29 is 23.8 Å². The van der Waals surface area contributed by atoms with Crippen LogP contribution in [0.2, 0.25) is 5.02 Å². The van der Waals surface area contributed by atoms with Crippen LogP contribution < -0.4 is 9.64 Å². The van der Waals surface area contributed by atoms with Gasteiger partial charge in [0.2, 0.25) is 0 Å². The van der Waals surface area contributed by atoms with Crippen molar-refractivity contribution in [2.45, 2.75) is 19.9 Å². The molecule has 1 N–H and O–H groups in total. The molecule has 0 aliphatic carbocycles. The predicted octanol–water partition coefficient (Wildman–Crippen LogP) is 5.27. The Balaban J connectivity index is 1.87. The van der Waals surface area contributed by atoms with Gasteiger partial charge >= 0.3 is 0 Å². The molecule has 3 aromatic rings. The summed E-state index contributed by atoms with van der Waals surface area (Å²) in [4.78, 5) is 27.3. The van der Waals surface area contributed by atoms with Crippen molar-refractivity contribution in [3.05, 3.63) is 88.3 Å². The number of aliphatic hydroxyl groups excluding tert-OH is 1. The normalized spacial score (nSPS) is 17.9. The molecule has 1 atom stereocenters. The van der Waals surface area contributed by atoms with E-state index in [2.05, 4.69) is 0 Å². The largest absolute Gasteiger partial charge is 0.507 e. The van der Waals surface area contributed by atoms with E-state index in [0.29, 0.717) is 34.4 Å². The minimum absolute atomic E-state index is 0.0431. The van der Waals surface area contributed by atoms with Crippen molar-refractivity contribution in [1.82, 2.24) is 0 Å². The van der Waals surface area contributed by atoms with Crippen LogP contribution in [0.1, 0.15) is 29.9 Å². The molecule has 1 saturated heterocycles. The van der Waals surface area contributed by atoms with E-state index < -0.39 is 17.7 Å². The number of anilines is 1. The number of carbonyl (C=O) groups excluding carboxylic acids is 2. The highest BCUT2D eigenvalue weighted by Gasteiger charge is 2.48. The minimum atomic E-state index is -0.914. The third-order valence-corrected chi connectivity index (χ3v) is 5.36. The summed E-state index contributed by atoms with van der Waals surface area (Å²) in [6.07, 6.45) is 1.46. The third-order valence-electron chi connectivity index (χ3n) is 5.11. The summed E-state index contributed by atoms with van der Waals surface area (Å²) >= 11 is 5.98. The Morgan fingerprint density at radius 3 is 2.52 bits per heavy atom. The number of ketones is 1. The Morgan fingerprint density at radius 2 is 1.90 bits per heavy atom. The molecule has 0 saturated carbocycles. The van der Waals surface area contributed by atoms with Crippen LogP contribution in [0.5, 0.6) is 5.75 Å². The van der Waals surface area contributed by atoms with Crippen molar-refractivity contribution in [2.24, 2.45) is 0 Å². The van der Waals surface area contributed by atoms with Crippen molar-refractivity contribution in [3.8, 4) is 5.75 Å². The average molecular weight is 438 g/mol. The van der Waals surface area contributed by atoms with Crippen molar-refractivity contribution in [2.75, 3.05) is 11.5 Å². The lowest BCUT2D eigenvalue weighted by atomic mass is 9.98. The second-order valence-corrected chi connectivity index (χ2v) is 7.51. The van der Waals surface area contributed by atoms with Gasteiger partial charge in [-0.15, -0.1) is 0 Å². The lowest BCUT2D eigenvalue weighted by Crippen LogP contribution is -2.29. The molecule has 158 valence electrons. The van der Waals surface area contributed by atoms with E-state index in [1.54, 1.807) is 54.6 Å². The molecule has 1 unspecified atom stereocenters. The highest BCUT2D eigenvalue weighted by Crippen LogP contribution is 2.42. The molecular formula is C24H20ClNO5. The number of amides is 1. The molecule has 31 heavy (non-hydrogen) atoms. The smallest absolute Gasteiger partial charge is 0.300 e. The predicted molar refractivity (Wildman–Crippen MR) is 117 cm³/mol. The van der Waals surface area contributed by atoms with Gasteiger partial charge in [-0.1, -0.05) is 11.6 Å². The number of rotatable bonds is 5. The zero-order chi connectivity index (χ0) is 22.1. The Hall–Kier alpha value is -3.51. The first-order chi connectivity index (χ1) is 14.9. The molecule has 7 heteroatoms. The van der Waals surface area contributed by atoms with Gasteiger partial charge in [0.15, 0.2) is 0 Å². The number of furan rings is 1. The molecule has 1 aromatic heterocycles. The SMILES string of the molecule is CCOc1ccc(/C(O)=C2/C(=O)C(=O)N(c3ccc(Cl)cc3)C2c2ccco2)cc1C. The summed E-state index contributed by atoms with van der Waals surface area (Å²) in [5.41, 5.74) is 1.63. The fourth-order valence-electron chi connectivity index (χ4n) is 3.69. The van der Waals surface area contributed by atoms with E-state index >= 15 is 0 Å². The Morgan fingerprint density at radius 1 is 1.16 bits per heavy atom. The summed E-state index contributed by atoms with van der Waals surface area (Å²) in [5.74, 6) is -0.780. The van der Waals surface area contributed by atoms with Crippen LogP contribution in [-0.2, 0) is 9.59 Å². The third kappa shape index (κ3) is 3.70. The fraction of sp³-hybridized carbons (Fsp3) is 0.167. The van der Waals surface area contributed by atoms with Crippen LogP contribution in [-0.4, -0.2) is 23.4 Å². The lowest BCUT2D eigenvalue weighted by molar-refractivity contribution is -0.132. The number of nitrogens with zero attached hydrogens (tertiary/aromatic N) is 1. The maximum absolute atomic E-state index is 13.0. The van der Waals surface area contributed by atoms with E-state index in [4.69, 9.17) is 20.8 Å². The Bertz CT molecular complexity index is 1170. The van der Waals surface area contributed by atoms with Crippen molar-refractivity contribution >= 4 is 34.7 Å². The summed E-state index contributed by atoms with van der Waals surface area (Å²) in [5, 5.41) is 11.6. The quantitative estimate of drug-likeness (QED) is 0.334. The van der Waals surface area contributed by atoms with E-state index in [-0.39, 0.29) is 11.3 Å². The molecule has 1 fully saturated rings. The van der Waals surface area contributed by atoms with Gasteiger partial charge in [-0.2, -0.15) is 0 Å². The molecule has 2 heterocycles. The van der Waals surface area contributed by atoms with E-state index in [9.17, 15) is 14.7 Å². The standard InChI is InChI=1S/C24H20ClNO5/c1-3-30-18-11-6-15(13-14(18)2)22(27)20-21(19-5-4-12-31-19)26(24(29)23(20)28)17-9-7-16(25)8-10-17/h4-13,21,27H,3H2,1-2H3/b22-20-. The van der Waals surface area contributed by atoms with Crippen LogP contribution in [0.15, 0.2) is 70.9 Å². The maximum atomic E-state index is 13.0. The van der Waals surface area contributed by atoms with Gasteiger partial charge in [-0.25, -0.2) is 0 Å². The molecule has 0 spiro atoms. The first kappa shape index (κ1) is 20.8. The summed E-state index contributed by atoms with van der Waals surface area (Å²) in [6, 6.07) is 14.1. The van der Waals surface area contributed by atoms with E-state index in [1.165, 1.54) is 11.2 Å². The number of carbonyl (C=O) groups is 2. The van der Waals surface area contributed by atoms with Crippen molar-refractivity contribution in [1.29, 1.82) is 0 Å². The first-order valence-corrected chi connectivity index (χ1v) is 10.1. The zero-order valence-electron chi connectivity index (χ0n) is 17.0. The molecule has 1 aliphatic heterocycles. The van der Waals surface area contributed by atoms with Gasteiger partial charge in [-0.3, -0.25) is 14.5 Å². The lowest BCUT2D eigenvalue weighted by Gasteiger charge is -2.23. The number of ether oxygens (including phenoxy) is 1. The van der Waals surface area contributed by atoms with Crippen LogP contribution in [0.4, 0.5) is 5.69 Å². The highest BCUT2D eigenvalue weighted by molar-refractivity contribution is 6.51. The summed E-state index contributed by atoms with van der Waals surface area (Å²) in [6.45, 7) is 4.24. The van der Waals surface area contributed by atoms with Gasteiger partial charge in [-0.05, 0) is 74.0 Å². The fourth-order valence-corrected chi connectivity index (χ4v) is 3.81. The number of benzene rings is 2. The molecule has 0 bridgehead atoms.